The molecular weight excluding hydrogens is 186 g/mol. The third-order valence-electron chi connectivity index (χ3n) is 1.31. The Hall–Kier alpha value is -1.36. The fraction of sp³-hybridized carbons (Fsp3) is 0.250. The molecule has 1 aromatic rings. The number of hydrogen-bond acceptors (Lipinski definition) is 4. The molecule has 13 heavy (non-hydrogen) atoms. The molecule has 70 valence electrons. The summed E-state index contributed by atoms with van der Waals surface area (Å²) in [7, 11) is 0. The van der Waals surface area contributed by atoms with Crippen molar-refractivity contribution in [2.24, 2.45) is 0 Å². The van der Waals surface area contributed by atoms with E-state index in [1.165, 1.54) is 11.3 Å². The lowest BCUT2D eigenvalue weighted by Gasteiger charge is -2.00. The average Bonchev–Trinajstić information content (AvgIpc) is 2.47. The van der Waals surface area contributed by atoms with Crippen molar-refractivity contribution in [1.29, 1.82) is 0 Å². The molecule has 3 N–H and O–H groups in total. The minimum absolute atomic E-state index is 0.212. The summed E-state index contributed by atoms with van der Waals surface area (Å²) in [5.41, 5.74) is 6.65. The summed E-state index contributed by atoms with van der Waals surface area (Å²) in [6.45, 7) is 5.98. The van der Waals surface area contributed by atoms with Gasteiger partial charge in [0.15, 0.2) is 5.13 Å². The third-order valence-corrected chi connectivity index (χ3v) is 1.98. The van der Waals surface area contributed by atoms with Crippen molar-refractivity contribution in [3.8, 4) is 0 Å². The smallest absolute Gasteiger partial charge is 0.271 e. The van der Waals surface area contributed by atoms with Gasteiger partial charge in [-0.25, -0.2) is 4.98 Å². The van der Waals surface area contributed by atoms with E-state index in [-0.39, 0.29) is 5.91 Å². The summed E-state index contributed by atoms with van der Waals surface area (Å²) in [5.74, 6) is -0.212. The largest absolute Gasteiger partial charge is 0.375 e. The lowest BCUT2D eigenvalue weighted by molar-refractivity contribution is 0.0953. The molecule has 0 aliphatic heterocycles. The number of nitrogens with two attached hydrogens (primary N) is 1. The molecule has 1 aromatic heterocycles. The highest BCUT2D eigenvalue weighted by Crippen LogP contribution is 2.10. The first kappa shape index (κ1) is 9.73. The van der Waals surface area contributed by atoms with Gasteiger partial charge in [0.05, 0.1) is 0 Å². The Morgan fingerprint density at radius 3 is 3.00 bits per heavy atom. The average molecular weight is 197 g/mol. The number of carbonyl (C=O) groups is 1. The van der Waals surface area contributed by atoms with E-state index in [9.17, 15) is 4.79 Å². The number of rotatable bonds is 3. The second kappa shape index (κ2) is 4.04. The number of anilines is 1. The van der Waals surface area contributed by atoms with Gasteiger partial charge in [-0.2, -0.15) is 0 Å². The van der Waals surface area contributed by atoms with Crippen LogP contribution < -0.4 is 11.1 Å². The van der Waals surface area contributed by atoms with Gasteiger partial charge >= 0.3 is 0 Å². The molecule has 0 atom stereocenters. The summed E-state index contributed by atoms with van der Waals surface area (Å²) in [6.07, 6.45) is 0. The Kier molecular flexibility index (Phi) is 3.02. The van der Waals surface area contributed by atoms with Gasteiger partial charge < -0.3 is 11.1 Å². The van der Waals surface area contributed by atoms with E-state index in [0.717, 1.165) is 5.57 Å². The zero-order valence-corrected chi connectivity index (χ0v) is 8.15. The molecular formula is C8H11N3OS. The van der Waals surface area contributed by atoms with Crippen LogP contribution in [-0.4, -0.2) is 17.4 Å². The van der Waals surface area contributed by atoms with Gasteiger partial charge in [-0.3, -0.25) is 4.79 Å². The van der Waals surface area contributed by atoms with Crippen molar-refractivity contribution >= 4 is 22.4 Å². The summed E-state index contributed by atoms with van der Waals surface area (Å²) >= 11 is 1.25. The topological polar surface area (TPSA) is 68.0 Å². The lowest BCUT2D eigenvalue weighted by Crippen LogP contribution is -2.25. The number of nitrogens with one attached hydrogen (secondary N) is 1. The maximum absolute atomic E-state index is 11.3. The molecule has 0 unspecified atom stereocenters. The lowest BCUT2D eigenvalue weighted by atomic mass is 10.3. The van der Waals surface area contributed by atoms with Crippen LogP contribution in [0.2, 0.25) is 0 Å². The molecule has 0 bridgehead atoms. The zero-order valence-electron chi connectivity index (χ0n) is 7.33. The van der Waals surface area contributed by atoms with Gasteiger partial charge in [-0.05, 0) is 6.92 Å². The van der Waals surface area contributed by atoms with E-state index in [0.29, 0.717) is 17.4 Å². The van der Waals surface area contributed by atoms with Crippen LogP contribution in [0, 0.1) is 0 Å². The predicted octanol–water partition coefficient (Wildman–Crippen LogP) is 1.03. The molecule has 0 saturated carbocycles. The van der Waals surface area contributed by atoms with Crippen LogP contribution in [0.15, 0.2) is 17.5 Å². The number of aromatic nitrogens is 1. The van der Waals surface area contributed by atoms with Crippen LogP contribution in [0.5, 0.6) is 0 Å². The predicted molar refractivity (Wildman–Crippen MR) is 53.7 cm³/mol. The molecule has 0 aliphatic carbocycles. The minimum Gasteiger partial charge on any atom is -0.375 e. The highest BCUT2D eigenvalue weighted by atomic mass is 32.1. The number of thiazole rings is 1. The monoisotopic (exact) mass is 197 g/mol. The first-order valence-corrected chi connectivity index (χ1v) is 4.61. The molecule has 0 spiro atoms. The van der Waals surface area contributed by atoms with Crippen molar-refractivity contribution in [2.75, 3.05) is 12.3 Å². The normalized spacial score (nSPS) is 9.62. The van der Waals surface area contributed by atoms with Crippen LogP contribution >= 0.6 is 11.3 Å². The SMILES string of the molecule is C=C(C)CNC(=O)c1csc(N)n1. The first-order valence-electron chi connectivity index (χ1n) is 3.73. The summed E-state index contributed by atoms with van der Waals surface area (Å²) in [6, 6.07) is 0. The highest BCUT2D eigenvalue weighted by Gasteiger charge is 2.07. The van der Waals surface area contributed by atoms with Crippen molar-refractivity contribution < 1.29 is 4.79 Å². The fourth-order valence-electron chi connectivity index (χ4n) is 0.714. The number of nitrogens with zero attached hydrogens (tertiary/aromatic N) is 1. The number of carbonyl (C=O) groups excluding carboxylic acids is 1. The van der Waals surface area contributed by atoms with Gasteiger partial charge in [0.25, 0.3) is 5.91 Å². The molecule has 0 aromatic carbocycles. The van der Waals surface area contributed by atoms with Crippen molar-refractivity contribution in [1.82, 2.24) is 10.3 Å². The van der Waals surface area contributed by atoms with Gasteiger partial charge in [0, 0.05) is 11.9 Å². The molecule has 0 saturated heterocycles. The number of nitrogen functional groups attached to an aromatic ring is 1. The second-order valence-electron chi connectivity index (χ2n) is 2.71. The van der Waals surface area contributed by atoms with Crippen molar-refractivity contribution in [3.63, 3.8) is 0 Å². The Bertz CT molecular complexity index is 332. The number of hydrogen-bond donors (Lipinski definition) is 2. The fourth-order valence-corrected chi connectivity index (χ4v) is 1.26. The van der Waals surface area contributed by atoms with Crippen LogP contribution in [0.3, 0.4) is 0 Å². The van der Waals surface area contributed by atoms with Crippen LogP contribution in [0.4, 0.5) is 5.13 Å². The standard InChI is InChI=1S/C8H11N3OS/c1-5(2)3-10-7(12)6-4-13-8(9)11-6/h4H,1,3H2,2H3,(H2,9,11)(H,10,12). The van der Waals surface area contributed by atoms with Gasteiger partial charge in [-0.1, -0.05) is 12.2 Å². The van der Waals surface area contributed by atoms with E-state index >= 15 is 0 Å². The minimum atomic E-state index is -0.212. The molecule has 4 nitrogen and oxygen atoms in total. The summed E-state index contributed by atoms with van der Waals surface area (Å²) < 4.78 is 0. The van der Waals surface area contributed by atoms with E-state index < -0.39 is 0 Å². The Labute approximate surface area is 80.5 Å². The second-order valence-corrected chi connectivity index (χ2v) is 3.60. The van der Waals surface area contributed by atoms with Gasteiger partial charge in [-0.15, -0.1) is 11.3 Å². The summed E-state index contributed by atoms with van der Waals surface area (Å²) in [5, 5.41) is 4.69. The van der Waals surface area contributed by atoms with E-state index in [1.54, 1.807) is 5.38 Å². The molecule has 5 heteroatoms. The van der Waals surface area contributed by atoms with Crippen LogP contribution in [0.1, 0.15) is 17.4 Å². The maximum Gasteiger partial charge on any atom is 0.271 e. The van der Waals surface area contributed by atoms with E-state index in [2.05, 4.69) is 16.9 Å². The molecule has 0 fully saturated rings. The van der Waals surface area contributed by atoms with Crippen LogP contribution in [-0.2, 0) is 0 Å². The van der Waals surface area contributed by atoms with Crippen molar-refractivity contribution in [2.45, 2.75) is 6.92 Å². The number of amides is 1. The van der Waals surface area contributed by atoms with Gasteiger partial charge in [0.2, 0.25) is 0 Å². The maximum atomic E-state index is 11.3. The van der Waals surface area contributed by atoms with E-state index in [4.69, 9.17) is 5.73 Å². The third kappa shape index (κ3) is 2.87. The first-order chi connectivity index (χ1) is 6.09. The Morgan fingerprint density at radius 1 is 1.85 bits per heavy atom. The molecule has 0 radical (unpaired) electrons. The molecule has 0 aliphatic rings. The molecule has 1 amide bonds. The van der Waals surface area contributed by atoms with Crippen molar-refractivity contribution in [3.05, 3.63) is 23.2 Å². The zero-order chi connectivity index (χ0) is 9.84. The van der Waals surface area contributed by atoms with E-state index in [1.807, 2.05) is 6.92 Å². The Balaban J connectivity index is 2.54. The summed E-state index contributed by atoms with van der Waals surface area (Å²) in [4.78, 5) is 15.1. The van der Waals surface area contributed by atoms with Gasteiger partial charge in [0.1, 0.15) is 5.69 Å². The van der Waals surface area contributed by atoms with Crippen LogP contribution in [0.25, 0.3) is 0 Å². The highest BCUT2D eigenvalue weighted by molar-refractivity contribution is 7.13. The Morgan fingerprint density at radius 2 is 2.54 bits per heavy atom. The molecule has 1 rings (SSSR count). The molecule has 1 heterocycles. The quantitative estimate of drug-likeness (QED) is 0.711.